The summed E-state index contributed by atoms with van der Waals surface area (Å²) in [5.74, 6) is 1.00. The molecule has 6 heteroatoms. The van der Waals surface area contributed by atoms with E-state index in [0.29, 0.717) is 0 Å². The van der Waals surface area contributed by atoms with Crippen molar-refractivity contribution in [2.24, 2.45) is 0 Å². The molecule has 0 amide bonds. The summed E-state index contributed by atoms with van der Waals surface area (Å²) in [6.07, 6.45) is 2.02. The molecule has 148 valence electrons. The van der Waals surface area contributed by atoms with Crippen LogP contribution in [0.5, 0.6) is 0 Å². The molecule has 0 spiro atoms. The van der Waals surface area contributed by atoms with Gasteiger partial charge in [-0.2, -0.15) is 0 Å². The Labute approximate surface area is 163 Å². The van der Waals surface area contributed by atoms with Gasteiger partial charge in [0, 0.05) is 31.9 Å². The Morgan fingerprint density at radius 1 is 1.07 bits per heavy atom. The van der Waals surface area contributed by atoms with Crippen molar-refractivity contribution in [2.45, 2.75) is 66.0 Å². The Morgan fingerprint density at radius 3 is 2.41 bits per heavy atom. The van der Waals surface area contributed by atoms with Gasteiger partial charge in [0.05, 0.1) is 11.6 Å². The first-order chi connectivity index (χ1) is 12.9. The first-order valence-corrected chi connectivity index (χ1v) is 10.2. The highest BCUT2D eigenvalue weighted by atomic mass is 15.6. The summed E-state index contributed by atoms with van der Waals surface area (Å²) in [4.78, 5) is 5.07. The van der Waals surface area contributed by atoms with E-state index in [2.05, 4.69) is 85.1 Å². The highest BCUT2D eigenvalue weighted by molar-refractivity contribution is 5.55. The number of tetrazole rings is 1. The van der Waals surface area contributed by atoms with Gasteiger partial charge in [-0.3, -0.25) is 4.90 Å². The summed E-state index contributed by atoms with van der Waals surface area (Å²) >= 11 is 0. The molecule has 0 radical (unpaired) electrons. The second-order valence-corrected chi connectivity index (χ2v) is 8.35. The second-order valence-electron chi connectivity index (χ2n) is 8.35. The number of hydrogen-bond donors (Lipinski definition) is 0. The van der Waals surface area contributed by atoms with Crippen molar-refractivity contribution in [3.8, 4) is 0 Å². The van der Waals surface area contributed by atoms with Gasteiger partial charge in [0.15, 0.2) is 5.82 Å². The third-order valence-corrected chi connectivity index (χ3v) is 6.08. The first-order valence-electron chi connectivity index (χ1n) is 10.2. The van der Waals surface area contributed by atoms with Crippen LogP contribution in [0.4, 0.5) is 5.69 Å². The maximum absolute atomic E-state index is 4.43. The summed E-state index contributed by atoms with van der Waals surface area (Å²) in [5.41, 5.74) is 3.99. The molecule has 0 saturated carbocycles. The highest BCUT2D eigenvalue weighted by Gasteiger charge is 2.32. The molecule has 1 aliphatic heterocycles. The smallest absolute Gasteiger partial charge is 0.168 e. The Morgan fingerprint density at radius 2 is 1.78 bits per heavy atom. The predicted octanol–water partition coefficient (Wildman–Crippen LogP) is 3.71. The number of aromatic nitrogens is 4. The maximum Gasteiger partial charge on any atom is 0.168 e. The SMILES string of the molecule is CCC(c1nnnn1C(C)(C)CC)N1CCN(c2cc(C)ccc2C)CC1. The molecule has 2 aromatic rings. The van der Waals surface area contributed by atoms with Gasteiger partial charge in [-0.1, -0.05) is 26.0 Å². The monoisotopic (exact) mass is 370 g/mol. The van der Waals surface area contributed by atoms with Gasteiger partial charge in [0.2, 0.25) is 0 Å². The van der Waals surface area contributed by atoms with Crippen LogP contribution in [0.25, 0.3) is 0 Å². The van der Waals surface area contributed by atoms with E-state index in [4.69, 9.17) is 0 Å². The third kappa shape index (κ3) is 4.00. The standard InChI is InChI=1S/C21H34N6/c1-7-18(20-22-23-24-27(20)21(5,6)8-2)25-11-13-26(14-12-25)19-15-16(3)9-10-17(19)4/h9-10,15,18H,7-8,11-14H2,1-6H3. The van der Waals surface area contributed by atoms with Crippen molar-refractivity contribution >= 4 is 5.69 Å². The number of piperazine rings is 1. The molecule has 1 aromatic carbocycles. The van der Waals surface area contributed by atoms with E-state index < -0.39 is 0 Å². The van der Waals surface area contributed by atoms with Crippen molar-refractivity contribution < 1.29 is 0 Å². The number of benzene rings is 1. The van der Waals surface area contributed by atoms with Crippen molar-refractivity contribution in [3.05, 3.63) is 35.2 Å². The number of rotatable bonds is 6. The zero-order chi connectivity index (χ0) is 19.6. The quantitative estimate of drug-likeness (QED) is 0.776. The third-order valence-electron chi connectivity index (χ3n) is 6.08. The molecule has 1 aromatic heterocycles. The highest BCUT2D eigenvalue weighted by Crippen LogP contribution is 2.30. The van der Waals surface area contributed by atoms with Gasteiger partial charge in [-0.15, -0.1) is 5.10 Å². The van der Waals surface area contributed by atoms with Gasteiger partial charge >= 0.3 is 0 Å². The molecule has 1 fully saturated rings. The largest absolute Gasteiger partial charge is 0.369 e. The van der Waals surface area contributed by atoms with E-state index in [1.165, 1.54) is 16.8 Å². The molecule has 27 heavy (non-hydrogen) atoms. The van der Waals surface area contributed by atoms with Gasteiger partial charge in [-0.05, 0) is 68.2 Å². The molecule has 0 bridgehead atoms. The summed E-state index contributed by atoms with van der Waals surface area (Å²) < 4.78 is 2.04. The number of aryl methyl sites for hydroxylation is 2. The lowest BCUT2D eigenvalue weighted by atomic mass is 10.0. The van der Waals surface area contributed by atoms with E-state index in [1.807, 2.05) is 4.68 Å². The lowest BCUT2D eigenvalue weighted by Crippen LogP contribution is -2.48. The summed E-state index contributed by atoms with van der Waals surface area (Å²) in [6.45, 7) is 17.4. The lowest BCUT2D eigenvalue weighted by Gasteiger charge is -2.40. The zero-order valence-electron chi connectivity index (χ0n) is 17.7. The average Bonchev–Trinajstić information content (AvgIpc) is 3.15. The topological polar surface area (TPSA) is 50.1 Å². The Kier molecular flexibility index (Phi) is 5.84. The molecule has 2 heterocycles. The summed E-state index contributed by atoms with van der Waals surface area (Å²) in [5, 5.41) is 12.8. The van der Waals surface area contributed by atoms with Gasteiger partial charge in [-0.25, -0.2) is 4.68 Å². The fourth-order valence-corrected chi connectivity index (χ4v) is 3.92. The van der Waals surface area contributed by atoms with E-state index in [9.17, 15) is 0 Å². The first kappa shape index (κ1) is 19.8. The Hall–Kier alpha value is -1.95. The van der Waals surface area contributed by atoms with E-state index in [0.717, 1.165) is 44.8 Å². The Bertz CT molecular complexity index is 758. The second kappa shape index (κ2) is 7.97. The number of anilines is 1. The summed E-state index contributed by atoms with van der Waals surface area (Å²) in [7, 11) is 0. The normalized spacial score (nSPS) is 17.3. The van der Waals surface area contributed by atoms with Crippen LogP contribution in [0, 0.1) is 13.8 Å². The minimum atomic E-state index is -0.0627. The molecule has 0 N–H and O–H groups in total. The van der Waals surface area contributed by atoms with E-state index >= 15 is 0 Å². The van der Waals surface area contributed by atoms with Crippen LogP contribution in [-0.2, 0) is 5.54 Å². The van der Waals surface area contributed by atoms with Crippen LogP contribution < -0.4 is 4.90 Å². The Balaban J connectivity index is 1.75. The predicted molar refractivity (Wildman–Crippen MR) is 110 cm³/mol. The maximum atomic E-state index is 4.43. The molecule has 0 aliphatic carbocycles. The van der Waals surface area contributed by atoms with Crippen molar-refractivity contribution in [3.63, 3.8) is 0 Å². The summed E-state index contributed by atoms with van der Waals surface area (Å²) in [6, 6.07) is 7.00. The fraction of sp³-hybridized carbons (Fsp3) is 0.667. The van der Waals surface area contributed by atoms with E-state index in [1.54, 1.807) is 0 Å². The molecule has 1 unspecified atom stereocenters. The molecule has 1 aliphatic rings. The van der Waals surface area contributed by atoms with Gasteiger partial charge in [0.1, 0.15) is 0 Å². The van der Waals surface area contributed by atoms with Crippen molar-refractivity contribution in [1.82, 2.24) is 25.1 Å². The fourth-order valence-electron chi connectivity index (χ4n) is 3.92. The molecule has 6 nitrogen and oxygen atoms in total. The van der Waals surface area contributed by atoms with Crippen LogP contribution in [0.3, 0.4) is 0 Å². The average molecular weight is 371 g/mol. The van der Waals surface area contributed by atoms with Crippen molar-refractivity contribution in [1.29, 1.82) is 0 Å². The molecule has 1 atom stereocenters. The van der Waals surface area contributed by atoms with Crippen LogP contribution in [0.2, 0.25) is 0 Å². The van der Waals surface area contributed by atoms with Crippen LogP contribution in [-0.4, -0.2) is 51.3 Å². The lowest BCUT2D eigenvalue weighted by molar-refractivity contribution is 0.158. The van der Waals surface area contributed by atoms with Gasteiger partial charge < -0.3 is 4.90 Å². The molecule has 3 rings (SSSR count). The number of nitrogens with zero attached hydrogens (tertiary/aromatic N) is 6. The van der Waals surface area contributed by atoms with Crippen LogP contribution >= 0.6 is 0 Å². The van der Waals surface area contributed by atoms with E-state index in [-0.39, 0.29) is 11.6 Å². The molecular weight excluding hydrogens is 336 g/mol. The van der Waals surface area contributed by atoms with Crippen LogP contribution in [0.15, 0.2) is 18.2 Å². The molecular formula is C21H34N6. The minimum Gasteiger partial charge on any atom is -0.369 e. The van der Waals surface area contributed by atoms with Gasteiger partial charge in [0.25, 0.3) is 0 Å². The number of hydrogen-bond acceptors (Lipinski definition) is 5. The van der Waals surface area contributed by atoms with Crippen LogP contribution in [0.1, 0.15) is 63.5 Å². The minimum absolute atomic E-state index is 0.0627. The van der Waals surface area contributed by atoms with Crippen molar-refractivity contribution in [2.75, 3.05) is 31.1 Å². The molecule has 1 saturated heterocycles. The zero-order valence-corrected chi connectivity index (χ0v) is 17.7.